The molecule has 0 radical (unpaired) electrons. The van der Waals surface area contributed by atoms with Gasteiger partial charge in [0.05, 0.1) is 0 Å². The average Bonchev–Trinajstić information content (AvgIpc) is 3.43. The van der Waals surface area contributed by atoms with Crippen LogP contribution in [0.1, 0.15) is 17.5 Å². The van der Waals surface area contributed by atoms with E-state index in [0.717, 1.165) is 6.08 Å². The lowest BCUT2D eigenvalue weighted by Crippen LogP contribution is -2.60. The van der Waals surface area contributed by atoms with Gasteiger partial charge < -0.3 is 60.0 Å². The second-order valence-corrected chi connectivity index (χ2v) is 11.5. The van der Waals surface area contributed by atoms with Gasteiger partial charge in [0.25, 0.3) is 0 Å². The molecule has 2 aromatic rings. The summed E-state index contributed by atoms with van der Waals surface area (Å²) in [4.78, 5) is 52.3. The number of aliphatic hydroxyl groups is 3. The van der Waals surface area contributed by atoms with Crippen molar-refractivity contribution in [1.82, 2.24) is 0 Å². The number of esters is 1. The second kappa shape index (κ2) is 14.8. The number of carbonyl (C=O) groups is 4. The minimum absolute atomic E-state index is 0.0409. The zero-order chi connectivity index (χ0) is 36.3. The fourth-order valence-electron chi connectivity index (χ4n) is 5.46. The molecular weight excluding hydrogens is 664 g/mol. The van der Waals surface area contributed by atoms with Crippen LogP contribution in [0.3, 0.4) is 0 Å². The number of rotatable bonds is 11. The Morgan fingerprint density at radius 1 is 0.920 bits per heavy atom. The van der Waals surface area contributed by atoms with Crippen molar-refractivity contribution in [3.05, 3.63) is 77.5 Å². The van der Waals surface area contributed by atoms with Gasteiger partial charge in [-0.05, 0) is 53.1 Å². The fraction of sp³-hybridized carbons (Fsp3) is 0.303. The summed E-state index contributed by atoms with van der Waals surface area (Å²) in [7, 11) is 0. The molecule has 0 saturated carbocycles. The van der Waals surface area contributed by atoms with Crippen molar-refractivity contribution in [3.63, 3.8) is 0 Å². The minimum Gasteiger partial charge on any atom is -0.508 e. The van der Waals surface area contributed by atoms with Crippen LogP contribution in [0.4, 0.5) is 5.69 Å². The first-order valence-electron chi connectivity index (χ1n) is 15.0. The third kappa shape index (κ3) is 7.92. The van der Waals surface area contributed by atoms with E-state index in [1.807, 2.05) is 0 Å². The number of nitrogens with zero attached hydrogens (tertiary/aromatic N) is 2. The zero-order valence-electron chi connectivity index (χ0n) is 25.8. The molecule has 0 aliphatic carbocycles. The maximum atomic E-state index is 12.2. The number of aliphatic carboxylic acids is 3. The molecule has 0 amide bonds. The monoisotopic (exact) mass is 696 g/mol. The first-order valence-corrected chi connectivity index (χ1v) is 15.0. The van der Waals surface area contributed by atoms with Gasteiger partial charge in [0, 0.05) is 36.9 Å². The van der Waals surface area contributed by atoms with Crippen LogP contribution in [0.5, 0.6) is 17.2 Å². The molecule has 2 aromatic carbocycles. The van der Waals surface area contributed by atoms with Gasteiger partial charge in [-0.15, -0.1) is 0 Å². The van der Waals surface area contributed by atoms with E-state index < -0.39 is 84.7 Å². The van der Waals surface area contributed by atoms with Crippen LogP contribution in [-0.4, -0.2) is 120 Å². The number of hydrogen-bond acceptors (Lipinski definition) is 14. The number of aliphatic hydroxyl groups excluding tert-OH is 3. The van der Waals surface area contributed by atoms with Crippen molar-refractivity contribution >= 4 is 41.4 Å². The highest BCUT2D eigenvalue weighted by Gasteiger charge is 2.46. The van der Waals surface area contributed by atoms with Gasteiger partial charge in [0.15, 0.2) is 17.5 Å². The van der Waals surface area contributed by atoms with Crippen LogP contribution < -0.4 is 9.64 Å². The van der Waals surface area contributed by atoms with Crippen molar-refractivity contribution < 1.29 is 74.2 Å². The smallest absolute Gasteiger partial charge is 0.354 e. The molecule has 17 heteroatoms. The van der Waals surface area contributed by atoms with E-state index in [-0.39, 0.29) is 35.6 Å². The molecule has 264 valence electrons. The predicted octanol–water partition coefficient (Wildman–Crippen LogP) is 0.179. The lowest BCUT2D eigenvalue weighted by molar-refractivity contribution is -0.278. The molecule has 1 saturated heterocycles. The molecule has 3 aliphatic rings. The number of ether oxygens (including phenoxy) is 3. The van der Waals surface area contributed by atoms with E-state index in [0.29, 0.717) is 11.1 Å². The van der Waals surface area contributed by atoms with E-state index in [1.165, 1.54) is 53.6 Å². The number of aromatic hydroxyl groups is 2. The number of fused-ring (bicyclic) bond motifs is 1. The molecule has 1 unspecified atom stereocenters. The zero-order valence-corrected chi connectivity index (χ0v) is 25.8. The second-order valence-electron chi connectivity index (χ2n) is 11.5. The maximum Gasteiger partial charge on any atom is 0.354 e. The minimum atomic E-state index is -1.83. The number of dihydropyridines is 1. The van der Waals surface area contributed by atoms with E-state index in [4.69, 9.17) is 14.2 Å². The Labute approximate surface area is 282 Å². The van der Waals surface area contributed by atoms with Gasteiger partial charge in [0.2, 0.25) is 6.29 Å². The Hall–Kier alpha value is -5.75. The molecule has 5 rings (SSSR count). The van der Waals surface area contributed by atoms with Gasteiger partial charge in [-0.3, -0.25) is 4.99 Å². The van der Waals surface area contributed by atoms with Crippen LogP contribution in [-0.2, 0) is 35.1 Å². The first kappa shape index (κ1) is 35.6. The van der Waals surface area contributed by atoms with Gasteiger partial charge in [0.1, 0.15) is 48.5 Å². The summed E-state index contributed by atoms with van der Waals surface area (Å²) in [6.07, 6.45) is -2.32. The number of phenols is 2. The number of allylic oxidation sites excluding steroid dienone is 1. The highest BCUT2D eigenvalue weighted by atomic mass is 16.7. The number of carbonyl (C=O) groups excluding carboxylic acids is 1. The normalized spacial score (nSPS) is 26.3. The molecule has 0 spiro atoms. The topological polar surface area (TPSA) is 273 Å². The number of carboxylic acid groups (broad SMARTS) is 3. The average molecular weight is 697 g/mol. The molecule has 0 bridgehead atoms. The number of aliphatic imine (C=N–C) groups is 1. The molecule has 17 nitrogen and oxygen atoms in total. The highest BCUT2D eigenvalue weighted by Crippen LogP contribution is 2.42. The molecule has 1 fully saturated rings. The standard InChI is InChI=1S/C33H32N2O15/c36-18-4-1-15(2-5-18)3-6-26(38)48-14-25-27(39)28(40)29(41)33(50-25)49-24-12-17-11-22(32(46)47)35(21(17)13-23(24)37)8-7-16-9-19(30(42)43)34-20(10-16)31(44)45/h1-9,12-13,20,22,25,27-29,33,36-37,39-41H,10-11,14H2,(H,42,43)(H,44,45)(H,46,47)/b6-3+,8-7+/t20-,22?,25+,27+,28-,29+,33+/m0/s1. The lowest BCUT2D eigenvalue weighted by Gasteiger charge is -2.39. The Bertz CT molecular complexity index is 1780. The molecular formula is C33H32N2O15. The van der Waals surface area contributed by atoms with Crippen molar-refractivity contribution in [2.24, 2.45) is 4.99 Å². The van der Waals surface area contributed by atoms with Crippen molar-refractivity contribution in [2.45, 2.75) is 55.6 Å². The Kier molecular flexibility index (Phi) is 10.5. The summed E-state index contributed by atoms with van der Waals surface area (Å²) < 4.78 is 16.4. The summed E-state index contributed by atoms with van der Waals surface area (Å²) in [6, 6.07) is 5.87. The maximum absolute atomic E-state index is 12.2. The number of carboxylic acids is 3. The van der Waals surface area contributed by atoms with Crippen LogP contribution in [0, 0.1) is 0 Å². The molecule has 3 aliphatic heterocycles. The first-order chi connectivity index (χ1) is 23.7. The van der Waals surface area contributed by atoms with Crippen LogP contribution >= 0.6 is 0 Å². The predicted molar refractivity (Wildman–Crippen MR) is 169 cm³/mol. The Morgan fingerprint density at radius 2 is 1.64 bits per heavy atom. The van der Waals surface area contributed by atoms with Crippen molar-refractivity contribution in [2.75, 3.05) is 11.5 Å². The fourth-order valence-corrected chi connectivity index (χ4v) is 5.46. The van der Waals surface area contributed by atoms with Gasteiger partial charge in [-0.2, -0.15) is 0 Å². The summed E-state index contributed by atoms with van der Waals surface area (Å²) in [6.45, 7) is -0.565. The van der Waals surface area contributed by atoms with Gasteiger partial charge in [-0.25, -0.2) is 19.2 Å². The number of benzene rings is 2. The summed E-state index contributed by atoms with van der Waals surface area (Å²) in [5.74, 6) is -5.62. The SMILES string of the molecule is O=C(/C=C/c1ccc(O)cc1)OC[C@H]1O[C@@H](Oc2cc3c(cc2O)N(/C=C/C2=CC(C(=O)O)=N[C@H](C(=O)O)C2)C(C(=O)O)C3)[C@H](O)[C@@H](O)[C@@H]1O. The van der Waals surface area contributed by atoms with E-state index >= 15 is 0 Å². The third-order valence-electron chi connectivity index (χ3n) is 8.08. The van der Waals surface area contributed by atoms with Crippen LogP contribution in [0.2, 0.25) is 0 Å². The Balaban J connectivity index is 1.30. The van der Waals surface area contributed by atoms with E-state index in [9.17, 15) is 60.0 Å². The molecule has 7 atom stereocenters. The van der Waals surface area contributed by atoms with E-state index in [2.05, 4.69) is 4.99 Å². The molecule has 0 aromatic heterocycles. The molecule has 8 N–H and O–H groups in total. The number of phenolic OH excluding ortho intramolecular Hbond substituents is 2. The van der Waals surface area contributed by atoms with E-state index in [1.54, 1.807) is 12.1 Å². The van der Waals surface area contributed by atoms with Gasteiger partial charge in [-0.1, -0.05) is 12.1 Å². The quantitative estimate of drug-likeness (QED) is 0.115. The Morgan fingerprint density at radius 3 is 2.30 bits per heavy atom. The van der Waals surface area contributed by atoms with Crippen molar-refractivity contribution in [3.8, 4) is 17.2 Å². The molecule has 3 heterocycles. The van der Waals surface area contributed by atoms with Gasteiger partial charge >= 0.3 is 23.9 Å². The van der Waals surface area contributed by atoms with Crippen LogP contribution in [0.25, 0.3) is 6.08 Å². The highest BCUT2D eigenvalue weighted by molar-refractivity contribution is 6.41. The molecule has 50 heavy (non-hydrogen) atoms. The largest absolute Gasteiger partial charge is 0.508 e. The van der Waals surface area contributed by atoms with Crippen LogP contribution in [0.15, 0.2) is 71.4 Å². The summed E-state index contributed by atoms with van der Waals surface area (Å²) in [5, 5.41) is 80.3. The summed E-state index contributed by atoms with van der Waals surface area (Å²) in [5.41, 5.74) is 0.947. The lowest BCUT2D eigenvalue weighted by atomic mass is 9.99. The van der Waals surface area contributed by atoms with Crippen molar-refractivity contribution in [1.29, 1.82) is 0 Å². The summed E-state index contributed by atoms with van der Waals surface area (Å²) >= 11 is 0. The number of hydrogen-bond donors (Lipinski definition) is 8. The third-order valence-corrected chi connectivity index (χ3v) is 8.08. The number of anilines is 1.